The maximum absolute atomic E-state index is 14.5. The number of aromatic nitrogens is 2. The molecule has 1 saturated heterocycles. The molecule has 1 fully saturated rings. The minimum absolute atomic E-state index is 0.00398. The molecule has 2 heterocycles. The van der Waals surface area contributed by atoms with Gasteiger partial charge in [-0.15, -0.1) is 0 Å². The molecule has 0 amide bonds. The van der Waals surface area contributed by atoms with E-state index in [0.717, 1.165) is 11.2 Å². The normalized spacial score (nSPS) is 21.2. The highest BCUT2D eigenvalue weighted by Crippen LogP contribution is 2.45. The summed E-state index contributed by atoms with van der Waals surface area (Å²) in [6.07, 6.45) is -4.09. The van der Waals surface area contributed by atoms with Crippen molar-refractivity contribution in [2.24, 2.45) is 5.73 Å². The van der Waals surface area contributed by atoms with Gasteiger partial charge in [-0.3, -0.25) is 0 Å². The van der Waals surface area contributed by atoms with Crippen molar-refractivity contribution in [2.75, 3.05) is 23.5 Å². The van der Waals surface area contributed by atoms with E-state index in [4.69, 9.17) is 5.73 Å². The number of hydrogen-bond acceptors (Lipinski definition) is 6. The lowest BCUT2D eigenvalue weighted by Crippen LogP contribution is -2.56. The molecule has 2 N–H and O–H groups in total. The maximum Gasteiger partial charge on any atom is 0.408 e. The Hall–Kier alpha value is -2.34. The van der Waals surface area contributed by atoms with E-state index in [1.54, 1.807) is 24.3 Å². The van der Waals surface area contributed by atoms with E-state index in [2.05, 4.69) is 9.97 Å². The highest BCUT2D eigenvalue weighted by atomic mass is 32.2. The molecule has 1 aromatic heterocycles. The van der Waals surface area contributed by atoms with Crippen molar-refractivity contribution in [3.8, 4) is 11.3 Å². The Kier molecular flexibility index (Phi) is 5.44. The maximum atomic E-state index is 14.5. The van der Waals surface area contributed by atoms with Gasteiger partial charge in [0.15, 0.2) is 0 Å². The Labute approximate surface area is 181 Å². The van der Waals surface area contributed by atoms with Crippen LogP contribution in [0.3, 0.4) is 0 Å². The Morgan fingerprint density at radius 1 is 1.22 bits per heavy atom. The first-order valence-corrected chi connectivity index (χ1v) is 12.0. The van der Waals surface area contributed by atoms with E-state index in [0.29, 0.717) is 11.1 Å². The van der Waals surface area contributed by atoms with Crippen LogP contribution in [-0.2, 0) is 22.2 Å². The molecule has 2 atom stereocenters. The molecule has 2 aliphatic rings. The van der Waals surface area contributed by atoms with Crippen LogP contribution in [0.2, 0.25) is 0 Å². The Bertz CT molecular complexity index is 1140. The number of benzene rings is 1. The first kappa shape index (κ1) is 22.8. The van der Waals surface area contributed by atoms with Gasteiger partial charge in [-0.05, 0) is 18.4 Å². The van der Waals surface area contributed by atoms with Gasteiger partial charge in [0.1, 0.15) is 21.6 Å². The molecule has 0 spiro atoms. The summed E-state index contributed by atoms with van der Waals surface area (Å²) < 4.78 is 91.5. The number of alkyl halides is 5. The van der Waals surface area contributed by atoms with Gasteiger partial charge in [-0.25, -0.2) is 18.4 Å². The van der Waals surface area contributed by atoms with Gasteiger partial charge in [0, 0.05) is 36.4 Å². The molecule has 6 nitrogen and oxygen atoms in total. The van der Waals surface area contributed by atoms with Crippen LogP contribution in [-0.4, -0.2) is 49.2 Å². The monoisotopic (exact) mass is 476 g/mol. The van der Waals surface area contributed by atoms with Crippen LogP contribution in [0.15, 0.2) is 24.3 Å². The molecule has 1 aliphatic heterocycles. The molecule has 2 aromatic rings. The average Bonchev–Trinajstić information content (AvgIpc) is 2.93. The van der Waals surface area contributed by atoms with E-state index in [9.17, 15) is 30.4 Å². The lowest BCUT2D eigenvalue weighted by atomic mass is 10.0. The molecule has 174 valence electrons. The summed E-state index contributed by atoms with van der Waals surface area (Å²) in [5.41, 5.74) is 6.68. The summed E-state index contributed by atoms with van der Waals surface area (Å²) in [5, 5.41) is 0. The topological polar surface area (TPSA) is 89.2 Å². The van der Waals surface area contributed by atoms with Crippen LogP contribution in [0.5, 0.6) is 0 Å². The van der Waals surface area contributed by atoms with Crippen LogP contribution in [0.1, 0.15) is 35.7 Å². The Balaban J connectivity index is 1.74. The third kappa shape index (κ3) is 4.29. The molecule has 4 rings (SSSR count). The first-order chi connectivity index (χ1) is 14.8. The highest BCUT2D eigenvalue weighted by Gasteiger charge is 2.51. The van der Waals surface area contributed by atoms with E-state index in [-0.39, 0.29) is 42.3 Å². The molecule has 1 aromatic carbocycles. The Morgan fingerprint density at radius 2 is 1.88 bits per heavy atom. The lowest BCUT2D eigenvalue weighted by Gasteiger charge is -2.42. The molecule has 0 bridgehead atoms. The van der Waals surface area contributed by atoms with E-state index in [1.807, 2.05) is 0 Å². The predicted octanol–water partition coefficient (Wildman–Crippen LogP) is 3.37. The standard InChI is InChI=1S/C20H21F5N4O2S/c1-32(30,31)10-14(26)11-2-4-12(5-3-11)16-13-6-8-19(21,22)17(13)28-18(27-16)29-9-7-15(29)20(23,24)25/h2-5,14-15H,6-10,26H2,1H3/t14-,15+/m0/s1. The summed E-state index contributed by atoms with van der Waals surface area (Å²) in [7, 11) is -3.31. The summed E-state index contributed by atoms with van der Waals surface area (Å²) >= 11 is 0. The second-order valence-electron chi connectivity index (χ2n) is 8.26. The fraction of sp³-hybridized carbons (Fsp3) is 0.500. The van der Waals surface area contributed by atoms with E-state index in [1.165, 1.54) is 0 Å². The third-order valence-corrected chi connectivity index (χ3v) is 6.74. The van der Waals surface area contributed by atoms with Crippen LogP contribution in [0.25, 0.3) is 11.3 Å². The SMILES string of the molecule is CS(=O)(=O)C[C@H](N)c1ccc(-c2nc(N3CC[C@@H]3C(F)(F)F)nc3c2CCC3(F)F)cc1. The van der Waals surface area contributed by atoms with Crippen molar-refractivity contribution in [1.29, 1.82) is 0 Å². The van der Waals surface area contributed by atoms with Crippen LogP contribution >= 0.6 is 0 Å². The number of nitrogens with two attached hydrogens (primary N) is 1. The minimum Gasteiger partial charge on any atom is -0.329 e. The second kappa shape index (κ2) is 7.62. The summed E-state index contributed by atoms with van der Waals surface area (Å²) in [4.78, 5) is 8.99. The molecule has 0 unspecified atom stereocenters. The molecule has 12 heteroatoms. The largest absolute Gasteiger partial charge is 0.408 e. The fourth-order valence-corrected chi connectivity index (χ4v) is 4.90. The fourth-order valence-electron chi connectivity index (χ4n) is 4.06. The lowest BCUT2D eigenvalue weighted by molar-refractivity contribution is -0.160. The minimum atomic E-state index is -4.51. The molecule has 0 radical (unpaired) electrons. The highest BCUT2D eigenvalue weighted by molar-refractivity contribution is 7.90. The number of nitrogens with zero attached hydrogens (tertiary/aromatic N) is 3. The molecular formula is C20H21F5N4O2S. The number of hydrogen-bond donors (Lipinski definition) is 1. The zero-order valence-electron chi connectivity index (χ0n) is 17.0. The molecule has 1 aliphatic carbocycles. The zero-order valence-corrected chi connectivity index (χ0v) is 17.8. The smallest absolute Gasteiger partial charge is 0.329 e. The van der Waals surface area contributed by atoms with Gasteiger partial charge in [-0.1, -0.05) is 24.3 Å². The number of rotatable bonds is 5. The van der Waals surface area contributed by atoms with Gasteiger partial charge < -0.3 is 10.6 Å². The average molecular weight is 476 g/mol. The van der Waals surface area contributed by atoms with Crippen molar-refractivity contribution in [1.82, 2.24) is 9.97 Å². The molecule has 32 heavy (non-hydrogen) atoms. The van der Waals surface area contributed by atoms with Gasteiger partial charge in [0.25, 0.3) is 5.92 Å². The quantitative estimate of drug-likeness (QED) is 0.666. The van der Waals surface area contributed by atoms with E-state index < -0.39 is 46.1 Å². The van der Waals surface area contributed by atoms with Crippen molar-refractivity contribution in [3.63, 3.8) is 0 Å². The summed E-state index contributed by atoms with van der Waals surface area (Å²) in [6.45, 7) is 0.0211. The molecule has 0 saturated carbocycles. The predicted molar refractivity (Wildman–Crippen MR) is 108 cm³/mol. The van der Waals surface area contributed by atoms with Gasteiger partial charge in [-0.2, -0.15) is 22.0 Å². The van der Waals surface area contributed by atoms with Crippen molar-refractivity contribution >= 4 is 15.8 Å². The summed E-state index contributed by atoms with van der Waals surface area (Å²) in [5.74, 6) is -3.89. The summed E-state index contributed by atoms with van der Waals surface area (Å²) in [6, 6.07) is 3.65. The second-order valence-corrected chi connectivity index (χ2v) is 10.4. The number of anilines is 1. The van der Waals surface area contributed by atoms with Crippen molar-refractivity contribution < 1.29 is 30.4 Å². The molecular weight excluding hydrogens is 455 g/mol. The number of fused-ring (bicyclic) bond motifs is 1. The number of halogens is 5. The van der Waals surface area contributed by atoms with Crippen LogP contribution < -0.4 is 10.6 Å². The van der Waals surface area contributed by atoms with Gasteiger partial charge in [0.05, 0.1) is 11.4 Å². The zero-order chi connectivity index (χ0) is 23.5. The Morgan fingerprint density at radius 3 is 2.41 bits per heavy atom. The van der Waals surface area contributed by atoms with Gasteiger partial charge in [0.2, 0.25) is 5.95 Å². The van der Waals surface area contributed by atoms with Crippen LogP contribution in [0.4, 0.5) is 27.9 Å². The third-order valence-electron chi connectivity index (χ3n) is 5.78. The van der Waals surface area contributed by atoms with E-state index >= 15 is 0 Å². The first-order valence-electron chi connectivity index (χ1n) is 9.92. The van der Waals surface area contributed by atoms with Crippen LogP contribution in [0, 0.1) is 0 Å². The number of sulfone groups is 1. The van der Waals surface area contributed by atoms with Crippen molar-refractivity contribution in [2.45, 2.75) is 43.4 Å². The van der Waals surface area contributed by atoms with Gasteiger partial charge >= 0.3 is 6.18 Å². The van der Waals surface area contributed by atoms with Crippen molar-refractivity contribution in [3.05, 3.63) is 41.1 Å².